The van der Waals surface area contributed by atoms with E-state index >= 15 is 0 Å². The molecule has 2 heteroatoms. The molecule has 1 saturated carbocycles. The van der Waals surface area contributed by atoms with Crippen molar-refractivity contribution in [1.29, 1.82) is 0 Å². The summed E-state index contributed by atoms with van der Waals surface area (Å²) in [5.74, 6) is 1.03. The maximum absolute atomic E-state index is 3.56. The lowest BCUT2D eigenvalue weighted by atomic mass is 9.87. The Labute approximate surface area is 95.2 Å². The molecule has 0 aromatic heterocycles. The molecule has 0 aromatic carbocycles. The van der Waals surface area contributed by atoms with Crippen LogP contribution in [0.1, 0.15) is 51.4 Å². The van der Waals surface area contributed by atoms with Crippen LogP contribution in [0.4, 0.5) is 0 Å². The highest BCUT2D eigenvalue weighted by atomic mass is 14.8. The third-order valence-corrected chi connectivity index (χ3v) is 3.48. The van der Waals surface area contributed by atoms with Crippen LogP contribution < -0.4 is 10.6 Å². The second-order valence-electron chi connectivity index (χ2n) is 4.85. The molecular formula is C13H28N2. The lowest BCUT2D eigenvalue weighted by molar-refractivity contribution is 0.333. The van der Waals surface area contributed by atoms with E-state index in [1.54, 1.807) is 0 Å². The summed E-state index contributed by atoms with van der Waals surface area (Å²) in [7, 11) is 2.02. The van der Waals surface area contributed by atoms with Crippen molar-refractivity contribution in [2.24, 2.45) is 5.92 Å². The number of rotatable bonds is 8. The summed E-state index contributed by atoms with van der Waals surface area (Å²) in [5.41, 5.74) is 0. The summed E-state index contributed by atoms with van der Waals surface area (Å²) in [4.78, 5) is 0. The number of nitrogens with one attached hydrogen (secondary N) is 2. The van der Waals surface area contributed by atoms with Crippen molar-refractivity contribution in [3.63, 3.8) is 0 Å². The van der Waals surface area contributed by atoms with Crippen LogP contribution in [0, 0.1) is 5.92 Å². The van der Waals surface area contributed by atoms with Crippen LogP contribution in [0.3, 0.4) is 0 Å². The minimum atomic E-state index is 1.03. The molecule has 0 unspecified atom stereocenters. The van der Waals surface area contributed by atoms with Gasteiger partial charge in [0.05, 0.1) is 0 Å². The molecule has 1 aliphatic carbocycles. The largest absolute Gasteiger partial charge is 0.320 e. The topological polar surface area (TPSA) is 24.1 Å². The van der Waals surface area contributed by atoms with Gasteiger partial charge in [-0.25, -0.2) is 0 Å². The lowest BCUT2D eigenvalue weighted by Crippen LogP contribution is -2.21. The van der Waals surface area contributed by atoms with Crippen LogP contribution in [0.2, 0.25) is 0 Å². The molecule has 0 saturated heterocycles. The van der Waals surface area contributed by atoms with E-state index in [0.717, 1.165) is 12.5 Å². The first-order chi connectivity index (χ1) is 7.43. The molecule has 0 bridgehead atoms. The summed E-state index contributed by atoms with van der Waals surface area (Å²) in [6.45, 7) is 3.60. The van der Waals surface area contributed by atoms with E-state index in [4.69, 9.17) is 0 Å². The predicted molar refractivity (Wildman–Crippen MR) is 67.2 cm³/mol. The molecule has 1 aliphatic rings. The van der Waals surface area contributed by atoms with Crippen molar-refractivity contribution in [1.82, 2.24) is 10.6 Å². The minimum Gasteiger partial charge on any atom is -0.320 e. The summed E-state index contributed by atoms with van der Waals surface area (Å²) in [5, 5.41) is 6.75. The van der Waals surface area contributed by atoms with E-state index in [2.05, 4.69) is 10.6 Å². The zero-order chi connectivity index (χ0) is 10.8. The molecule has 90 valence electrons. The Kier molecular flexibility index (Phi) is 7.94. The highest BCUT2D eigenvalue weighted by molar-refractivity contribution is 4.66. The van der Waals surface area contributed by atoms with E-state index in [0.29, 0.717) is 0 Å². The Morgan fingerprint density at radius 2 is 1.67 bits per heavy atom. The molecule has 0 spiro atoms. The predicted octanol–water partition coefficient (Wildman–Crippen LogP) is 2.55. The number of hydrogen-bond acceptors (Lipinski definition) is 2. The fraction of sp³-hybridized carbons (Fsp3) is 1.00. The molecule has 1 rings (SSSR count). The van der Waals surface area contributed by atoms with E-state index in [1.165, 1.54) is 64.5 Å². The van der Waals surface area contributed by atoms with Crippen LogP contribution >= 0.6 is 0 Å². The van der Waals surface area contributed by atoms with Crippen molar-refractivity contribution >= 4 is 0 Å². The van der Waals surface area contributed by atoms with Crippen molar-refractivity contribution in [3.8, 4) is 0 Å². The molecule has 0 aromatic rings. The van der Waals surface area contributed by atoms with Crippen molar-refractivity contribution < 1.29 is 0 Å². The zero-order valence-corrected chi connectivity index (χ0v) is 10.4. The Hall–Kier alpha value is -0.0800. The third-order valence-electron chi connectivity index (χ3n) is 3.48. The molecule has 0 amide bonds. The molecule has 0 atom stereocenters. The average Bonchev–Trinajstić information content (AvgIpc) is 2.29. The Bertz CT molecular complexity index is 130. The van der Waals surface area contributed by atoms with Crippen molar-refractivity contribution in [2.45, 2.75) is 51.4 Å². The Morgan fingerprint density at radius 1 is 0.933 bits per heavy atom. The van der Waals surface area contributed by atoms with Gasteiger partial charge in [-0.3, -0.25) is 0 Å². The number of hydrogen-bond donors (Lipinski definition) is 2. The lowest BCUT2D eigenvalue weighted by Gasteiger charge is -2.21. The van der Waals surface area contributed by atoms with Gasteiger partial charge in [-0.15, -0.1) is 0 Å². The van der Waals surface area contributed by atoms with Gasteiger partial charge >= 0.3 is 0 Å². The zero-order valence-electron chi connectivity index (χ0n) is 10.4. The fourth-order valence-electron chi connectivity index (χ4n) is 2.46. The highest BCUT2D eigenvalue weighted by Gasteiger charge is 2.12. The fourth-order valence-corrected chi connectivity index (χ4v) is 2.46. The van der Waals surface area contributed by atoms with E-state index < -0.39 is 0 Å². The third kappa shape index (κ3) is 6.91. The van der Waals surface area contributed by atoms with Gasteiger partial charge in [-0.1, -0.05) is 32.1 Å². The molecule has 0 heterocycles. The molecular weight excluding hydrogens is 184 g/mol. The van der Waals surface area contributed by atoms with Gasteiger partial charge in [0.1, 0.15) is 0 Å². The van der Waals surface area contributed by atoms with Gasteiger partial charge in [0.2, 0.25) is 0 Å². The van der Waals surface area contributed by atoms with Gasteiger partial charge < -0.3 is 10.6 Å². The minimum absolute atomic E-state index is 1.03. The Balaban J connectivity index is 1.79. The monoisotopic (exact) mass is 212 g/mol. The molecule has 1 fully saturated rings. The van der Waals surface area contributed by atoms with Crippen LogP contribution in [0.5, 0.6) is 0 Å². The number of unbranched alkanes of at least 4 members (excludes halogenated alkanes) is 1. The van der Waals surface area contributed by atoms with Crippen LogP contribution in [0.15, 0.2) is 0 Å². The van der Waals surface area contributed by atoms with E-state index in [-0.39, 0.29) is 0 Å². The maximum Gasteiger partial charge on any atom is -0.00463 e. The maximum atomic E-state index is 3.56. The first-order valence-corrected chi connectivity index (χ1v) is 6.79. The SMILES string of the molecule is CNCCCCNCCC1CCCCC1. The standard InChI is InChI=1S/C13H28N2/c1-14-10-5-6-11-15-12-9-13-7-3-2-4-8-13/h13-15H,2-12H2,1H3. The summed E-state index contributed by atoms with van der Waals surface area (Å²) >= 11 is 0. The van der Waals surface area contributed by atoms with E-state index in [9.17, 15) is 0 Å². The van der Waals surface area contributed by atoms with Crippen LogP contribution in [0.25, 0.3) is 0 Å². The highest BCUT2D eigenvalue weighted by Crippen LogP contribution is 2.25. The smallest absolute Gasteiger partial charge is 0.00463 e. The van der Waals surface area contributed by atoms with Gasteiger partial charge in [-0.05, 0) is 51.9 Å². The van der Waals surface area contributed by atoms with E-state index in [1.807, 2.05) is 7.05 Å². The second-order valence-corrected chi connectivity index (χ2v) is 4.85. The Morgan fingerprint density at radius 3 is 2.40 bits per heavy atom. The van der Waals surface area contributed by atoms with Gasteiger partial charge in [0.25, 0.3) is 0 Å². The first-order valence-electron chi connectivity index (χ1n) is 6.79. The normalized spacial score (nSPS) is 18.2. The van der Waals surface area contributed by atoms with Gasteiger partial charge in [-0.2, -0.15) is 0 Å². The molecule has 15 heavy (non-hydrogen) atoms. The van der Waals surface area contributed by atoms with Gasteiger partial charge in [0, 0.05) is 0 Å². The van der Waals surface area contributed by atoms with Gasteiger partial charge in [0.15, 0.2) is 0 Å². The molecule has 0 aliphatic heterocycles. The average molecular weight is 212 g/mol. The summed E-state index contributed by atoms with van der Waals surface area (Å²) < 4.78 is 0. The molecule has 0 radical (unpaired) electrons. The first kappa shape index (κ1) is 13.0. The summed E-state index contributed by atoms with van der Waals surface area (Å²) in [6, 6.07) is 0. The molecule has 2 N–H and O–H groups in total. The second kappa shape index (κ2) is 9.17. The van der Waals surface area contributed by atoms with Crippen molar-refractivity contribution in [2.75, 3.05) is 26.7 Å². The molecule has 2 nitrogen and oxygen atoms in total. The quantitative estimate of drug-likeness (QED) is 0.604. The van der Waals surface area contributed by atoms with Crippen molar-refractivity contribution in [3.05, 3.63) is 0 Å². The van der Waals surface area contributed by atoms with Crippen LogP contribution in [-0.2, 0) is 0 Å². The summed E-state index contributed by atoms with van der Waals surface area (Å²) in [6.07, 6.45) is 11.4. The van der Waals surface area contributed by atoms with Crippen LogP contribution in [-0.4, -0.2) is 26.7 Å².